The molecule has 12 heteroatoms. The Balaban J connectivity index is 2.38. The fraction of sp³-hybridized carbons (Fsp3) is 0.350. The molecule has 0 bridgehead atoms. The molecule has 0 spiro atoms. The van der Waals surface area contributed by atoms with Crippen molar-refractivity contribution >= 4 is 5.91 Å². The number of carbonyl (C=O) groups is 1. The average molecular weight is 469 g/mol. The van der Waals surface area contributed by atoms with Crippen LogP contribution in [0, 0.1) is 5.82 Å². The number of primary amides is 1. The molecule has 0 saturated heterocycles. The summed E-state index contributed by atoms with van der Waals surface area (Å²) in [5.74, 6) is -1.61. The van der Waals surface area contributed by atoms with Crippen molar-refractivity contribution in [3.05, 3.63) is 70.5 Å². The Morgan fingerprint density at radius 3 is 1.91 bits per heavy atom. The van der Waals surface area contributed by atoms with Crippen molar-refractivity contribution in [3.8, 4) is 0 Å². The highest BCUT2D eigenvalue weighted by Crippen LogP contribution is 2.38. The van der Waals surface area contributed by atoms with Crippen LogP contribution in [0.5, 0.6) is 0 Å². The van der Waals surface area contributed by atoms with Crippen LogP contribution in [0.3, 0.4) is 0 Å². The fourth-order valence-electron chi connectivity index (χ4n) is 2.68. The Kier molecular flexibility index (Phi) is 7.86. The lowest BCUT2D eigenvalue weighted by atomic mass is 10.0. The molecule has 0 saturated carbocycles. The van der Waals surface area contributed by atoms with Gasteiger partial charge in [-0.05, 0) is 48.4 Å². The predicted molar refractivity (Wildman–Crippen MR) is 96.2 cm³/mol. The smallest absolute Gasteiger partial charge is 0.383 e. The average Bonchev–Trinajstić information content (AvgIpc) is 2.69. The fourth-order valence-corrected chi connectivity index (χ4v) is 2.68. The van der Waals surface area contributed by atoms with Crippen LogP contribution < -0.4 is 5.73 Å². The number of hydrogen-bond acceptors (Lipinski definition) is 4. The van der Waals surface area contributed by atoms with Gasteiger partial charge in [0, 0.05) is 0 Å². The third kappa shape index (κ3) is 6.90. The molecule has 5 nitrogen and oxygen atoms in total. The maximum Gasteiger partial charge on any atom is 0.416 e. The van der Waals surface area contributed by atoms with Gasteiger partial charge in [-0.3, -0.25) is 4.79 Å². The molecule has 2 rings (SSSR count). The number of rotatable bonds is 8. The van der Waals surface area contributed by atoms with Gasteiger partial charge in [-0.1, -0.05) is 12.1 Å². The summed E-state index contributed by atoms with van der Waals surface area (Å²) in [5, 5.41) is 10.5. The summed E-state index contributed by atoms with van der Waals surface area (Å²) in [4.78, 5) is 11.0. The maximum absolute atomic E-state index is 13.1. The molecule has 2 aromatic carbocycles. The SMILES string of the molecule is CC(OC(OCC(N)=O)C(O)c1ccc(F)cc1)c1cc(C(F)(F)F)cc(C(F)(F)F)c1. The Morgan fingerprint density at radius 2 is 1.47 bits per heavy atom. The van der Waals surface area contributed by atoms with Crippen LogP contribution in [0.2, 0.25) is 0 Å². The van der Waals surface area contributed by atoms with Crippen molar-refractivity contribution in [3.63, 3.8) is 0 Å². The first-order chi connectivity index (χ1) is 14.7. The van der Waals surface area contributed by atoms with Gasteiger partial charge in [-0.15, -0.1) is 0 Å². The van der Waals surface area contributed by atoms with E-state index < -0.39 is 65.9 Å². The van der Waals surface area contributed by atoms with Crippen molar-refractivity contribution in [2.75, 3.05) is 6.61 Å². The summed E-state index contributed by atoms with van der Waals surface area (Å²) in [6.45, 7) is 0.361. The topological polar surface area (TPSA) is 81.8 Å². The molecule has 32 heavy (non-hydrogen) atoms. The Labute approximate surface area is 177 Å². The van der Waals surface area contributed by atoms with E-state index in [0.717, 1.165) is 31.2 Å². The molecule has 176 valence electrons. The summed E-state index contributed by atoms with van der Waals surface area (Å²) in [6, 6.07) is 5.20. The maximum atomic E-state index is 13.1. The van der Waals surface area contributed by atoms with Crippen LogP contribution in [0.4, 0.5) is 30.7 Å². The second kappa shape index (κ2) is 9.84. The Morgan fingerprint density at radius 1 is 0.969 bits per heavy atom. The van der Waals surface area contributed by atoms with Crippen LogP contribution in [0.15, 0.2) is 42.5 Å². The number of hydrogen-bond donors (Lipinski definition) is 2. The highest BCUT2D eigenvalue weighted by Gasteiger charge is 2.38. The number of alkyl halides is 6. The summed E-state index contributed by atoms with van der Waals surface area (Å²) < 4.78 is 102. The Hall–Kier alpha value is -2.70. The van der Waals surface area contributed by atoms with Gasteiger partial charge in [0.05, 0.1) is 17.2 Å². The van der Waals surface area contributed by atoms with E-state index in [-0.39, 0.29) is 11.6 Å². The summed E-state index contributed by atoms with van der Waals surface area (Å²) in [7, 11) is 0. The van der Waals surface area contributed by atoms with Crippen molar-refractivity contribution in [2.24, 2.45) is 5.73 Å². The van der Waals surface area contributed by atoms with Gasteiger partial charge < -0.3 is 20.3 Å². The third-order valence-electron chi connectivity index (χ3n) is 4.28. The van der Waals surface area contributed by atoms with Crippen LogP contribution in [0.25, 0.3) is 0 Å². The molecule has 0 aromatic heterocycles. The van der Waals surface area contributed by atoms with Gasteiger partial charge in [0.1, 0.15) is 18.5 Å². The second-order valence-corrected chi connectivity index (χ2v) is 6.76. The molecular formula is C20H18F7NO4. The molecule has 0 aliphatic rings. The number of carbonyl (C=O) groups excluding carboxylic acids is 1. The number of nitrogens with two attached hydrogens (primary N) is 1. The van der Waals surface area contributed by atoms with Gasteiger partial charge in [-0.2, -0.15) is 26.3 Å². The molecule has 1 amide bonds. The Bertz CT molecular complexity index is 897. The van der Waals surface area contributed by atoms with Crippen LogP contribution in [0.1, 0.15) is 41.4 Å². The monoisotopic (exact) mass is 469 g/mol. The predicted octanol–water partition coefficient (Wildman–Crippen LogP) is 4.50. The minimum atomic E-state index is -5.06. The van der Waals surface area contributed by atoms with E-state index in [2.05, 4.69) is 0 Å². The molecule has 3 N–H and O–H groups in total. The molecule has 0 radical (unpaired) electrons. The van der Waals surface area contributed by atoms with E-state index in [4.69, 9.17) is 15.2 Å². The van der Waals surface area contributed by atoms with Gasteiger partial charge >= 0.3 is 12.4 Å². The lowest BCUT2D eigenvalue weighted by Crippen LogP contribution is -2.31. The zero-order valence-corrected chi connectivity index (χ0v) is 16.4. The van der Waals surface area contributed by atoms with E-state index in [1.54, 1.807) is 0 Å². The number of aliphatic hydroxyl groups excluding tert-OH is 1. The molecule has 0 aliphatic carbocycles. The molecule has 0 fully saturated rings. The zero-order valence-electron chi connectivity index (χ0n) is 16.4. The number of benzene rings is 2. The minimum Gasteiger partial charge on any atom is -0.383 e. The van der Waals surface area contributed by atoms with Crippen LogP contribution in [-0.2, 0) is 26.6 Å². The molecule has 0 heterocycles. The number of aliphatic hydroxyl groups is 1. The summed E-state index contributed by atoms with van der Waals surface area (Å²) in [6.07, 6.45) is -15.0. The van der Waals surface area contributed by atoms with Gasteiger partial charge in [0.2, 0.25) is 5.91 Å². The lowest BCUT2D eigenvalue weighted by Gasteiger charge is -2.27. The first-order valence-corrected chi connectivity index (χ1v) is 8.96. The van der Waals surface area contributed by atoms with Gasteiger partial charge in [0.25, 0.3) is 0 Å². The van der Waals surface area contributed by atoms with Gasteiger partial charge in [0.15, 0.2) is 6.29 Å². The third-order valence-corrected chi connectivity index (χ3v) is 4.28. The molecule has 3 atom stereocenters. The van der Waals surface area contributed by atoms with Crippen LogP contribution in [-0.4, -0.2) is 23.9 Å². The van der Waals surface area contributed by atoms with E-state index in [0.29, 0.717) is 12.1 Å². The van der Waals surface area contributed by atoms with Crippen molar-refractivity contribution < 1.29 is 50.1 Å². The summed E-state index contributed by atoms with van der Waals surface area (Å²) in [5.41, 5.74) is 1.42. The molecule has 0 aliphatic heterocycles. The lowest BCUT2D eigenvalue weighted by molar-refractivity contribution is -0.216. The number of ether oxygens (including phenoxy) is 2. The minimum absolute atomic E-state index is 0.0370. The highest BCUT2D eigenvalue weighted by molar-refractivity contribution is 5.75. The number of amides is 1. The van der Waals surface area contributed by atoms with E-state index in [1.165, 1.54) is 0 Å². The normalized spacial score (nSPS) is 15.3. The quantitative estimate of drug-likeness (QED) is 0.441. The van der Waals surface area contributed by atoms with Gasteiger partial charge in [-0.25, -0.2) is 4.39 Å². The zero-order chi connectivity index (χ0) is 24.3. The van der Waals surface area contributed by atoms with E-state index in [9.17, 15) is 40.6 Å². The molecule has 3 unspecified atom stereocenters. The standard InChI is InChI=1S/C20H18F7NO4/c1-10(12-6-13(19(22,23)24)8-14(7-12)20(25,26)27)32-18(31-9-16(28)29)17(30)11-2-4-15(21)5-3-11/h2-8,10,17-18,30H,9H2,1H3,(H2,28,29). The second-order valence-electron chi connectivity index (χ2n) is 6.76. The van der Waals surface area contributed by atoms with E-state index in [1.807, 2.05) is 0 Å². The van der Waals surface area contributed by atoms with Crippen LogP contribution >= 0.6 is 0 Å². The van der Waals surface area contributed by atoms with Crippen molar-refractivity contribution in [1.29, 1.82) is 0 Å². The molecular weight excluding hydrogens is 451 g/mol. The highest BCUT2D eigenvalue weighted by atomic mass is 19.4. The van der Waals surface area contributed by atoms with Crippen molar-refractivity contribution in [1.82, 2.24) is 0 Å². The molecule has 2 aromatic rings. The van der Waals surface area contributed by atoms with Crippen molar-refractivity contribution in [2.45, 2.75) is 37.8 Å². The first-order valence-electron chi connectivity index (χ1n) is 8.96. The van der Waals surface area contributed by atoms with E-state index >= 15 is 0 Å². The largest absolute Gasteiger partial charge is 0.416 e. The first kappa shape index (κ1) is 25.6. The number of halogens is 7. The summed E-state index contributed by atoms with van der Waals surface area (Å²) >= 11 is 0.